The monoisotopic (exact) mass is 261 g/mol. The van der Waals surface area contributed by atoms with Crippen LogP contribution < -0.4 is 0 Å². The van der Waals surface area contributed by atoms with Gasteiger partial charge in [0, 0.05) is 19.7 Å². The zero-order valence-corrected chi connectivity index (χ0v) is 11.6. The summed E-state index contributed by atoms with van der Waals surface area (Å²) in [4.78, 5) is 23.7. The molecule has 0 aliphatic heterocycles. The molecule has 106 valence electrons. The molecule has 6 nitrogen and oxygen atoms in total. The van der Waals surface area contributed by atoms with E-state index in [4.69, 9.17) is 14.6 Å². The highest BCUT2D eigenvalue weighted by Gasteiger charge is 2.22. The highest BCUT2D eigenvalue weighted by atomic mass is 16.6. The molecule has 0 aromatic rings. The number of hydrogen-bond donors (Lipinski definition) is 1. The minimum atomic E-state index is -0.944. The molecule has 0 aliphatic rings. The van der Waals surface area contributed by atoms with Crippen LogP contribution in [0.25, 0.3) is 0 Å². The second-order valence-corrected chi connectivity index (χ2v) is 4.81. The third kappa shape index (κ3) is 8.81. The lowest BCUT2D eigenvalue weighted by Crippen LogP contribution is -2.39. The van der Waals surface area contributed by atoms with Crippen molar-refractivity contribution in [3.63, 3.8) is 0 Å². The maximum Gasteiger partial charge on any atom is 0.410 e. The van der Waals surface area contributed by atoms with Crippen LogP contribution in [0.4, 0.5) is 4.79 Å². The normalized spacial score (nSPS) is 11.1. The summed E-state index contributed by atoms with van der Waals surface area (Å²) in [7, 11) is 0. The van der Waals surface area contributed by atoms with Crippen molar-refractivity contribution in [3.8, 4) is 0 Å². The average Bonchev–Trinajstić information content (AvgIpc) is 2.20. The van der Waals surface area contributed by atoms with E-state index in [2.05, 4.69) is 0 Å². The second-order valence-electron chi connectivity index (χ2n) is 4.81. The third-order valence-corrected chi connectivity index (χ3v) is 1.96. The summed E-state index contributed by atoms with van der Waals surface area (Å²) in [6.07, 6.45) is -0.616. The van der Waals surface area contributed by atoms with E-state index < -0.39 is 17.7 Å². The van der Waals surface area contributed by atoms with Gasteiger partial charge in [-0.15, -0.1) is 0 Å². The van der Waals surface area contributed by atoms with Gasteiger partial charge in [-0.05, 0) is 27.7 Å². The number of carboxylic acids is 1. The predicted molar refractivity (Wildman–Crippen MR) is 66.6 cm³/mol. The molecular weight excluding hydrogens is 238 g/mol. The Labute approximate surface area is 108 Å². The Morgan fingerprint density at radius 1 is 1.22 bits per heavy atom. The molecule has 1 amide bonds. The Morgan fingerprint density at radius 3 is 2.28 bits per heavy atom. The lowest BCUT2D eigenvalue weighted by Gasteiger charge is -2.27. The first-order valence-electron chi connectivity index (χ1n) is 6.03. The van der Waals surface area contributed by atoms with Gasteiger partial charge in [-0.2, -0.15) is 0 Å². The van der Waals surface area contributed by atoms with Crippen molar-refractivity contribution in [2.45, 2.75) is 39.7 Å². The fourth-order valence-corrected chi connectivity index (χ4v) is 1.17. The molecule has 18 heavy (non-hydrogen) atoms. The number of ether oxygens (including phenoxy) is 2. The van der Waals surface area contributed by atoms with Crippen LogP contribution in [0.2, 0.25) is 0 Å². The van der Waals surface area contributed by atoms with Gasteiger partial charge in [-0.1, -0.05) is 0 Å². The summed E-state index contributed by atoms with van der Waals surface area (Å²) in [5.41, 5.74) is -0.593. The summed E-state index contributed by atoms with van der Waals surface area (Å²) in [6.45, 7) is 8.54. The molecule has 0 aromatic carbocycles. The van der Waals surface area contributed by atoms with E-state index in [0.29, 0.717) is 19.8 Å². The van der Waals surface area contributed by atoms with Crippen molar-refractivity contribution >= 4 is 12.1 Å². The standard InChI is InChI=1S/C12H23NO5/c1-5-17-9-8-13(7-6-10(14)15)11(16)18-12(2,3)4/h5-9H2,1-4H3,(H,14,15). The Balaban J connectivity index is 4.33. The molecule has 0 aromatic heterocycles. The van der Waals surface area contributed by atoms with Gasteiger partial charge < -0.3 is 19.5 Å². The molecule has 0 radical (unpaired) electrons. The Hall–Kier alpha value is -1.30. The maximum atomic E-state index is 11.8. The van der Waals surface area contributed by atoms with Gasteiger partial charge in [0.15, 0.2) is 0 Å². The molecule has 0 aliphatic carbocycles. The van der Waals surface area contributed by atoms with Gasteiger partial charge in [0.25, 0.3) is 0 Å². The molecule has 0 rings (SSSR count). The Kier molecular flexibility index (Phi) is 7.35. The summed E-state index contributed by atoms with van der Waals surface area (Å²) >= 11 is 0. The molecule has 0 saturated carbocycles. The zero-order chi connectivity index (χ0) is 14.2. The van der Waals surface area contributed by atoms with Gasteiger partial charge in [0.1, 0.15) is 5.60 Å². The SMILES string of the molecule is CCOCCN(CCC(=O)O)C(=O)OC(C)(C)C. The fourth-order valence-electron chi connectivity index (χ4n) is 1.17. The van der Waals surface area contributed by atoms with Gasteiger partial charge in [-0.25, -0.2) is 4.79 Å². The highest BCUT2D eigenvalue weighted by Crippen LogP contribution is 2.10. The summed E-state index contributed by atoms with van der Waals surface area (Å²) in [5.74, 6) is -0.944. The maximum absolute atomic E-state index is 11.8. The summed E-state index contributed by atoms with van der Waals surface area (Å²) in [5, 5.41) is 8.64. The van der Waals surface area contributed by atoms with Crippen molar-refractivity contribution in [3.05, 3.63) is 0 Å². The van der Waals surface area contributed by atoms with E-state index in [1.54, 1.807) is 20.8 Å². The number of aliphatic carboxylic acids is 1. The van der Waals surface area contributed by atoms with Gasteiger partial charge in [0.2, 0.25) is 0 Å². The van der Waals surface area contributed by atoms with Crippen LogP contribution in [0.5, 0.6) is 0 Å². The molecule has 0 spiro atoms. The first-order chi connectivity index (χ1) is 8.26. The average molecular weight is 261 g/mol. The van der Waals surface area contributed by atoms with E-state index in [1.807, 2.05) is 6.92 Å². The van der Waals surface area contributed by atoms with Crippen LogP contribution in [0.15, 0.2) is 0 Å². The van der Waals surface area contributed by atoms with E-state index >= 15 is 0 Å². The lowest BCUT2D eigenvalue weighted by molar-refractivity contribution is -0.137. The minimum Gasteiger partial charge on any atom is -0.481 e. The molecule has 0 fully saturated rings. The van der Waals surface area contributed by atoms with E-state index in [-0.39, 0.29) is 13.0 Å². The highest BCUT2D eigenvalue weighted by molar-refractivity contribution is 5.70. The van der Waals surface area contributed by atoms with Crippen LogP contribution in [0.1, 0.15) is 34.1 Å². The molecule has 0 heterocycles. The largest absolute Gasteiger partial charge is 0.481 e. The zero-order valence-electron chi connectivity index (χ0n) is 11.6. The van der Waals surface area contributed by atoms with E-state index in [0.717, 1.165) is 0 Å². The van der Waals surface area contributed by atoms with Crippen LogP contribution >= 0.6 is 0 Å². The first kappa shape index (κ1) is 16.7. The quantitative estimate of drug-likeness (QED) is 0.706. The van der Waals surface area contributed by atoms with Crippen molar-refractivity contribution in [1.82, 2.24) is 4.90 Å². The molecule has 0 saturated heterocycles. The molecule has 0 bridgehead atoms. The number of rotatable bonds is 7. The van der Waals surface area contributed by atoms with E-state index in [1.165, 1.54) is 4.90 Å². The first-order valence-corrected chi connectivity index (χ1v) is 6.03. The molecular formula is C12H23NO5. The van der Waals surface area contributed by atoms with Crippen LogP contribution in [-0.4, -0.2) is 54.0 Å². The number of carbonyl (C=O) groups is 2. The number of carboxylic acid groups (broad SMARTS) is 1. The topological polar surface area (TPSA) is 76.1 Å². The van der Waals surface area contributed by atoms with Crippen molar-refractivity contribution < 1.29 is 24.2 Å². The third-order valence-electron chi connectivity index (χ3n) is 1.96. The molecule has 6 heteroatoms. The number of carbonyl (C=O) groups excluding carboxylic acids is 1. The van der Waals surface area contributed by atoms with Crippen molar-refractivity contribution in [2.24, 2.45) is 0 Å². The smallest absolute Gasteiger partial charge is 0.410 e. The Morgan fingerprint density at radius 2 is 1.83 bits per heavy atom. The Bertz CT molecular complexity index is 272. The van der Waals surface area contributed by atoms with Crippen LogP contribution in [0, 0.1) is 0 Å². The molecule has 1 N–H and O–H groups in total. The molecule has 0 unspecified atom stereocenters. The van der Waals surface area contributed by atoms with E-state index in [9.17, 15) is 9.59 Å². The summed E-state index contributed by atoms with van der Waals surface area (Å²) < 4.78 is 10.4. The van der Waals surface area contributed by atoms with Crippen molar-refractivity contribution in [1.29, 1.82) is 0 Å². The van der Waals surface area contributed by atoms with Crippen LogP contribution in [-0.2, 0) is 14.3 Å². The number of hydrogen-bond acceptors (Lipinski definition) is 4. The second kappa shape index (κ2) is 7.92. The van der Waals surface area contributed by atoms with Gasteiger partial charge >= 0.3 is 12.1 Å². The minimum absolute atomic E-state index is 0.106. The number of nitrogens with zero attached hydrogens (tertiary/aromatic N) is 1. The molecule has 0 atom stereocenters. The summed E-state index contributed by atoms with van der Waals surface area (Å²) in [6, 6.07) is 0. The van der Waals surface area contributed by atoms with Crippen LogP contribution in [0.3, 0.4) is 0 Å². The predicted octanol–water partition coefficient (Wildman–Crippen LogP) is 1.73. The fraction of sp³-hybridized carbons (Fsp3) is 0.833. The van der Waals surface area contributed by atoms with Gasteiger partial charge in [-0.3, -0.25) is 4.79 Å². The lowest BCUT2D eigenvalue weighted by atomic mass is 10.2. The van der Waals surface area contributed by atoms with Gasteiger partial charge in [0.05, 0.1) is 13.0 Å². The number of amides is 1. The van der Waals surface area contributed by atoms with Crippen molar-refractivity contribution in [2.75, 3.05) is 26.3 Å².